The summed E-state index contributed by atoms with van der Waals surface area (Å²) in [6.45, 7) is 5.25. The van der Waals surface area contributed by atoms with Crippen LogP contribution in [0.2, 0.25) is 0 Å². The Labute approximate surface area is 189 Å². The fourth-order valence-electron chi connectivity index (χ4n) is 4.84. The van der Waals surface area contributed by atoms with Crippen LogP contribution in [0.1, 0.15) is 34.8 Å². The average Bonchev–Trinajstić information content (AvgIpc) is 3.44. The second-order valence-corrected chi connectivity index (χ2v) is 9.21. The normalized spacial score (nSPS) is 23.2. The number of carbonyl (C=O) groups excluding carboxylic acids is 1. The molecule has 0 saturated carbocycles. The lowest BCUT2D eigenvalue weighted by molar-refractivity contribution is -0.137. The van der Waals surface area contributed by atoms with Gasteiger partial charge in [-0.15, -0.1) is 0 Å². The number of fused-ring (bicyclic) bond motifs is 1. The molecule has 0 bridgehead atoms. The van der Waals surface area contributed by atoms with E-state index in [0.29, 0.717) is 57.1 Å². The Morgan fingerprint density at radius 2 is 2.16 bits per heavy atom. The summed E-state index contributed by atoms with van der Waals surface area (Å²) >= 11 is 1.47. The molecule has 2 aliphatic heterocycles. The Morgan fingerprint density at radius 3 is 2.81 bits per heavy atom. The van der Waals surface area contributed by atoms with Gasteiger partial charge in [-0.1, -0.05) is 0 Å². The number of amides is 1. The van der Waals surface area contributed by atoms with Crippen LogP contribution in [-0.4, -0.2) is 50.2 Å². The summed E-state index contributed by atoms with van der Waals surface area (Å²) in [5.41, 5.74) is -0.387. The van der Waals surface area contributed by atoms with Gasteiger partial charge in [-0.2, -0.15) is 29.8 Å². The minimum atomic E-state index is -4.59. The molecule has 0 N–H and O–H groups in total. The first-order valence-corrected chi connectivity index (χ1v) is 11.5. The molecule has 0 spiro atoms. The Hall–Kier alpha value is -2.57. The van der Waals surface area contributed by atoms with E-state index < -0.39 is 11.7 Å². The van der Waals surface area contributed by atoms with E-state index in [1.807, 2.05) is 33.6 Å². The van der Waals surface area contributed by atoms with Gasteiger partial charge >= 0.3 is 6.18 Å². The summed E-state index contributed by atoms with van der Waals surface area (Å²) in [7, 11) is 0. The fraction of sp³-hybridized carbons (Fsp3) is 0.478. The molecule has 2 fully saturated rings. The monoisotopic (exact) mass is 463 g/mol. The number of rotatable bonds is 5. The molecule has 2 unspecified atom stereocenters. The van der Waals surface area contributed by atoms with Crippen LogP contribution < -0.4 is 4.90 Å². The highest BCUT2D eigenvalue weighted by Crippen LogP contribution is 2.45. The van der Waals surface area contributed by atoms with Gasteiger partial charge in [-0.25, -0.2) is 0 Å². The smallest absolute Gasteiger partial charge is 0.381 e. The highest BCUT2D eigenvalue weighted by atomic mass is 32.1. The number of hydrogen-bond donors (Lipinski definition) is 0. The molecule has 2 atom stereocenters. The molecular weight excluding hydrogens is 439 g/mol. The zero-order chi connectivity index (χ0) is 22.9. The van der Waals surface area contributed by atoms with Crippen molar-refractivity contribution in [1.29, 1.82) is 5.26 Å². The standard InChI is InChI=1S/C23H24F3N3O2S/c1-2-31-15-22-6-7-28(19-4-3-16(10-27)20(9-19)23(24,25)26)11-18(22)12-29(14-22)21(30)17-5-8-32-13-17/h3-5,8-9,13,18H,2,6-7,11-12,14-15H2,1H3. The summed E-state index contributed by atoms with van der Waals surface area (Å²) in [6.07, 6.45) is -3.88. The quantitative estimate of drug-likeness (QED) is 0.648. The molecule has 2 aromatic rings. The van der Waals surface area contributed by atoms with Crippen molar-refractivity contribution in [3.8, 4) is 6.07 Å². The number of anilines is 1. The molecule has 1 aromatic carbocycles. The van der Waals surface area contributed by atoms with Gasteiger partial charge in [0.2, 0.25) is 0 Å². The van der Waals surface area contributed by atoms with Crippen LogP contribution in [0.5, 0.6) is 0 Å². The maximum atomic E-state index is 13.4. The topological polar surface area (TPSA) is 56.6 Å². The van der Waals surface area contributed by atoms with Gasteiger partial charge in [0.15, 0.2) is 0 Å². The minimum Gasteiger partial charge on any atom is -0.381 e. The summed E-state index contributed by atoms with van der Waals surface area (Å²) < 4.78 is 46.1. The third kappa shape index (κ3) is 4.21. The van der Waals surface area contributed by atoms with E-state index in [1.54, 1.807) is 12.1 Å². The number of halogens is 3. The van der Waals surface area contributed by atoms with Crippen molar-refractivity contribution in [1.82, 2.24) is 4.90 Å². The molecule has 3 heterocycles. The zero-order valence-electron chi connectivity index (χ0n) is 17.7. The van der Waals surface area contributed by atoms with Crippen molar-refractivity contribution in [2.45, 2.75) is 19.5 Å². The van der Waals surface area contributed by atoms with Crippen LogP contribution in [-0.2, 0) is 10.9 Å². The average molecular weight is 464 g/mol. The number of hydrogen-bond acceptors (Lipinski definition) is 5. The number of carbonyl (C=O) groups is 1. The lowest BCUT2D eigenvalue weighted by Crippen LogP contribution is -2.49. The molecule has 0 aliphatic carbocycles. The molecule has 170 valence electrons. The second kappa shape index (κ2) is 8.75. The summed E-state index contributed by atoms with van der Waals surface area (Å²) in [6, 6.07) is 7.32. The molecular formula is C23H24F3N3O2S. The van der Waals surface area contributed by atoms with Gasteiger partial charge in [0.1, 0.15) is 0 Å². The third-order valence-corrected chi connectivity index (χ3v) is 7.26. The van der Waals surface area contributed by atoms with E-state index in [0.717, 1.165) is 6.07 Å². The van der Waals surface area contributed by atoms with Gasteiger partial charge in [0.05, 0.1) is 29.4 Å². The predicted molar refractivity (Wildman–Crippen MR) is 116 cm³/mol. The maximum absolute atomic E-state index is 13.4. The van der Waals surface area contributed by atoms with Crippen LogP contribution in [0, 0.1) is 22.7 Å². The van der Waals surface area contributed by atoms with Crippen molar-refractivity contribution >= 4 is 22.9 Å². The van der Waals surface area contributed by atoms with Gasteiger partial charge in [-0.05, 0) is 43.0 Å². The first-order valence-electron chi connectivity index (χ1n) is 10.5. The van der Waals surface area contributed by atoms with Gasteiger partial charge in [0, 0.05) is 55.2 Å². The zero-order valence-corrected chi connectivity index (χ0v) is 18.5. The molecule has 5 nitrogen and oxygen atoms in total. The fourth-order valence-corrected chi connectivity index (χ4v) is 5.47. The Bertz CT molecular complexity index is 1020. The number of likely N-dealkylation sites (tertiary alicyclic amines) is 1. The van der Waals surface area contributed by atoms with Crippen molar-refractivity contribution < 1.29 is 22.7 Å². The van der Waals surface area contributed by atoms with Crippen molar-refractivity contribution in [3.63, 3.8) is 0 Å². The van der Waals surface area contributed by atoms with Crippen LogP contribution in [0.25, 0.3) is 0 Å². The van der Waals surface area contributed by atoms with E-state index >= 15 is 0 Å². The van der Waals surface area contributed by atoms with E-state index in [2.05, 4.69) is 0 Å². The molecule has 0 radical (unpaired) electrons. The first-order chi connectivity index (χ1) is 15.3. The molecule has 9 heteroatoms. The minimum absolute atomic E-state index is 0.0131. The lowest BCUT2D eigenvalue weighted by Gasteiger charge is -2.44. The van der Waals surface area contributed by atoms with Gasteiger partial charge < -0.3 is 14.5 Å². The van der Waals surface area contributed by atoms with Gasteiger partial charge in [0.25, 0.3) is 5.91 Å². The van der Waals surface area contributed by atoms with Crippen LogP contribution in [0.15, 0.2) is 35.0 Å². The molecule has 4 rings (SSSR count). The summed E-state index contributed by atoms with van der Waals surface area (Å²) in [4.78, 5) is 16.8. The highest BCUT2D eigenvalue weighted by molar-refractivity contribution is 7.08. The SMILES string of the molecule is CCOCC12CCN(c3ccc(C#N)c(C(F)(F)F)c3)CC1CN(C(=O)c1ccsc1)C2. The van der Waals surface area contributed by atoms with Gasteiger partial charge in [-0.3, -0.25) is 4.79 Å². The molecule has 1 amide bonds. The third-order valence-electron chi connectivity index (χ3n) is 6.58. The maximum Gasteiger partial charge on any atom is 0.417 e. The van der Waals surface area contributed by atoms with E-state index in [4.69, 9.17) is 10.00 Å². The Morgan fingerprint density at radius 1 is 1.34 bits per heavy atom. The molecule has 1 aromatic heterocycles. The Kier molecular flexibility index (Phi) is 6.19. The number of alkyl halides is 3. The second-order valence-electron chi connectivity index (χ2n) is 8.43. The highest BCUT2D eigenvalue weighted by Gasteiger charge is 2.51. The number of piperidine rings is 1. The Balaban J connectivity index is 1.58. The van der Waals surface area contributed by atoms with Crippen LogP contribution >= 0.6 is 11.3 Å². The molecule has 2 aliphatic rings. The van der Waals surface area contributed by atoms with Crippen molar-refractivity contribution in [2.24, 2.45) is 11.3 Å². The predicted octanol–water partition coefficient (Wildman–Crippen LogP) is 4.64. The number of nitriles is 1. The lowest BCUT2D eigenvalue weighted by atomic mass is 9.73. The largest absolute Gasteiger partial charge is 0.417 e. The summed E-state index contributed by atoms with van der Waals surface area (Å²) in [5, 5.41) is 12.8. The van der Waals surface area contributed by atoms with Crippen molar-refractivity contribution in [3.05, 3.63) is 51.7 Å². The number of nitrogens with zero attached hydrogens (tertiary/aromatic N) is 3. The first kappa shape index (κ1) is 22.6. The molecule has 2 saturated heterocycles. The van der Waals surface area contributed by atoms with Crippen LogP contribution in [0.3, 0.4) is 0 Å². The van der Waals surface area contributed by atoms with Crippen LogP contribution in [0.4, 0.5) is 18.9 Å². The molecule has 32 heavy (non-hydrogen) atoms. The number of thiophene rings is 1. The van der Waals surface area contributed by atoms with E-state index in [-0.39, 0.29) is 22.8 Å². The van der Waals surface area contributed by atoms with Crippen molar-refractivity contribution in [2.75, 3.05) is 44.3 Å². The van der Waals surface area contributed by atoms with E-state index in [9.17, 15) is 18.0 Å². The van der Waals surface area contributed by atoms with E-state index in [1.165, 1.54) is 17.4 Å². The number of benzene rings is 1. The summed E-state index contributed by atoms with van der Waals surface area (Å²) in [5.74, 6) is 0.0659. The number of ether oxygens (including phenoxy) is 1.